The Balaban J connectivity index is 3.31. The van der Waals surface area contributed by atoms with E-state index in [-0.39, 0.29) is 0 Å². The Morgan fingerprint density at radius 3 is 2.40 bits per heavy atom. The molecule has 0 fully saturated rings. The van der Waals surface area contributed by atoms with E-state index in [0.29, 0.717) is 11.3 Å². The monoisotopic (exact) mass is 215 g/mol. The van der Waals surface area contributed by atoms with E-state index in [1.807, 2.05) is 0 Å². The SMILES string of the molecule is CCCCOCCNCC(C)(C)C(C)C. The van der Waals surface area contributed by atoms with Crippen LogP contribution < -0.4 is 5.32 Å². The summed E-state index contributed by atoms with van der Waals surface area (Å²) in [4.78, 5) is 0. The van der Waals surface area contributed by atoms with Crippen molar-refractivity contribution in [1.82, 2.24) is 5.32 Å². The first-order valence-electron chi connectivity index (χ1n) is 6.29. The van der Waals surface area contributed by atoms with Crippen molar-refractivity contribution in [3.63, 3.8) is 0 Å². The number of ether oxygens (including phenoxy) is 1. The Hall–Kier alpha value is -0.0800. The van der Waals surface area contributed by atoms with Crippen LogP contribution in [0.15, 0.2) is 0 Å². The van der Waals surface area contributed by atoms with Gasteiger partial charge in [0.25, 0.3) is 0 Å². The van der Waals surface area contributed by atoms with Crippen molar-refractivity contribution in [2.24, 2.45) is 11.3 Å². The van der Waals surface area contributed by atoms with Gasteiger partial charge in [0.2, 0.25) is 0 Å². The highest BCUT2D eigenvalue weighted by atomic mass is 16.5. The summed E-state index contributed by atoms with van der Waals surface area (Å²) in [5, 5.41) is 3.46. The van der Waals surface area contributed by atoms with Gasteiger partial charge in [0.05, 0.1) is 6.61 Å². The smallest absolute Gasteiger partial charge is 0.0590 e. The Bertz CT molecular complexity index is 143. The molecule has 0 aromatic rings. The lowest BCUT2D eigenvalue weighted by molar-refractivity contribution is 0.128. The summed E-state index contributed by atoms with van der Waals surface area (Å²) in [5.41, 5.74) is 0.378. The van der Waals surface area contributed by atoms with Gasteiger partial charge in [-0.25, -0.2) is 0 Å². The average Bonchev–Trinajstić information content (AvgIpc) is 2.16. The topological polar surface area (TPSA) is 21.3 Å². The third-order valence-corrected chi connectivity index (χ3v) is 3.21. The third-order valence-electron chi connectivity index (χ3n) is 3.21. The lowest BCUT2D eigenvalue weighted by atomic mass is 9.81. The van der Waals surface area contributed by atoms with Crippen LogP contribution in [0.1, 0.15) is 47.5 Å². The van der Waals surface area contributed by atoms with E-state index >= 15 is 0 Å². The molecule has 0 saturated carbocycles. The molecule has 15 heavy (non-hydrogen) atoms. The lowest BCUT2D eigenvalue weighted by Crippen LogP contribution is -2.35. The van der Waals surface area contributed by atoms with Gasteiger partial charge in [0.15, 0.2) is 0 Å². The highest BCUT2D eigenvalue weighted by molar-refractivity contribution is 4.74. The predicted octanol–water partition coefficient (Wildman–Crippen LogP) is 3.07. The molecule has 0 aliphatic heterocycles. The van der Waals surface area contributed by atoms with E-state index in [9.17, 15) is 0 Å². The summed E-state index contributed by atoms with van der Waals surface area (Å²) in [7, 11) is 0. The molecule has 0 bridgehead atoms. The molecular formula is C13H29NO. The van der Waals surface area contributed by atoms with Crippen molar-refractivity contribution in [2.75, 3.05) is 26.3 Å². The van der Waals surface area contributed by atoms with Crippen molar-refractivity contribution < 1.29 is 4.74 Å². The largest absolute Gasteiger partial charge is 0.380 e. The maximum Gasteiger partial charge on any atom is 0.0590 e. The fourth-order valence-electron chi connectivity index (χ4n) is 1.11. The van der Waals surface area contributed by atoms with Gasteiger partial charge in [-0.05, 0) is 17.8 Å². The van der Waals surface area contributed by atoms with Gasteiger partial charge in [-0.1, -0.05) is 41.0 Å². The van der Waals surface area contributed by atoms with Crippen molar-refractivity contribution in [1.29, 1.82) is 0 Å². The van der Waals surface area contributed by atoms with E-state index in [1.54, 1.807) is 0 Å². The molecule has 0 spiro atoms. The zero-order valence-corrected chi connectivity index (χ0v) is 11.2. The van der Waals surface area contributed by atoms with E-state index in [1.165, 1.54) is 12.8 Å². The standard InChI is InChI=1S/C13H29NO/c1-6-7-9-15-10-8-14-11-13(4,5)12(2)3/h12,14H,6-11H2,1-5H3. The molecule has 0 rings (SSSR count). The molecule has 0 atom stereocenters. The van der Waals surface area contributed by atoms with Gasteiger partial charge in [-0.2, -0.15) is 0 Å². The molecule has 0 aromatic heterocycles. The van der Waals surface area contributed by atoms with Gasteiger partial charge in [0, 0.05) is 19.7 Å². The van der Waals surface area contributed by atoms with Crippen LogP contribution in [-0.4, -0.2) is 26.3 Å². The predicted molar refractivity (Wildman–Crippen MR) is 67.2 cm³/mol. The summed E-state index contributed by atoms with van der Waals surface area (Å²) in [5.74, 6) is 0.714. The Morgan fingerprint density at radius 1 is 1.20 bits per heavy atom. The first-order valence-corrected chi connectivity index (χ1v) is 6.29. The normalized spacial score (nSPS) is 12.4. The molecule has 0 aliphatic rings. The number of hydrogen-bond donors (Lipinski definition) is 1. The van der Waals surface area contributed by atoms with Gasteiger partial charge in [0.1, 0.15) is 0 Å². The van der Waals surface area contributed by atoms with Crippen molar-refractivity contribution in [3.8, 4) is 0 Å². The van der Waals surface area contributed by atoms with Crippen molar-refractivity contribution in [3.05, 3.63) is 0 Å². The van der Waals surface area contributed by atoms with Crippen LogP contribution >= 0.6 is 0 Å². The fourth-order valence-corrected chi connectivity index (χ4v) is 1.11. The molecule has 1 N–H and O–H groups in total. The Morgan fingerprint density at radius 2 is 1.87 bits per heavy atom. The van der Waals surface area contributed by atoms with Crippen LogP contribution in [0.2, 0.25) is 0 Å². The fraction of sp³-hybridized carbons (Fsp3) is 1.00. The zero-order chi connectivity index (χ0) is 11.7. The lowest BCUT2D eigenvalue weighted by Gasteiger charge is -2.29. The summed E-state index contributed by atoms with van der Waals surface area (Å²) >= 11 is 0. The maximum absolute atomic E-state index is 5.49. The van der Waals surface area contributed by atoms with E-state index in [4.69, 9.17) is 4.74 Å². The van der Waals surface area contributed by atoms with Gasteiger partial charge in [-0.15, -0.1) is 0 Å². The van der Waals surface area contributed by atoms with E-state index < -0.39 is 0 Å². The molecule has 92 valence electrons. The van der Waals surface area contributed by atoms with Crippen LogP contribution in [0.5, 0.6) is 0 Å². The molecule has 2 nitrogen and oxygen atoms in total. The van der Waals surface area contributed by atoms with Crippen LogP contribution in [0.3, 0.4) is 0 Å². The first-order chi connectivity index (χ1) is 7.00. The van der Waals surface area contributed by atoms with Gasteiger partial charge < -0.3 is 10.1 Å². The first kappa shape index (κ1) is 14.9. The Kier molecular flexibility index (Phi) is 8.07. The minimum atomic E-state index is 0.378. The van der Waals surface area contributed by atoms with Crippen LogP contribution in [0.25, 0.3) is 0 Å². The van der Waals surface area contributed by atoms with E-state index in [2.05, 4.69) is 39.9 Å². The number of nitrogens with one attached hydrogen (secondary N) is 1. The zero-order valence-electron chi connectivity index (χ0n) is 11.2. The Labute approximate surface area is 95.8 Å². The highest BCUT2D eigenvalue weighted by Gasteiger charge is 2.21. The second-order valence-corrected chi connectivity index (χ2v) is 5.29. The molecule has 0 aromatic carbocycles. The minimum Gasteiger partial charge on any atom is -0.380 e. The van der Waals surface area contributed by atoms with E-state index in [0.717, 1.165) is 26.3 Å². The van der Waals surface area contributed by atoms with Gasteiger partial charge in [-0.3, -0.25) is 0 Å². The van der Waals surface area contributed by atoms with Crippen LogP contribution in [-0.2, 0) is 4.74 Å². The molecule has 0 heterocycles. The summed E-state index contributed by atoms with van der Waals surface area (Å²) in [6.45, 7) is 15.2. The second kappa shape index (κ2) is 8.12. The van der Waals surface area contributed by atoms with Gasteiger partial charge >= 0.3 is 0 Å². The summed E-state index contributed by atoms with van der Waals surface area (Å²) in [6, 6.07) is 0. The number of rotatable bonds is 9. The molecule has 0 radical (unpaired) electrons. The second-order valence-electron chi connectivity index (χ2n) is 5.29. The van der Waals surface area contributed by atoms with Crippen molar-refractivity contribution in [2.45, 2.75) is 47.5 Å². The quantitative estimate of drug-likeness (QED) is 0.597. The molecular weight excluding hydrogens is 186 g/mol. The summed E-state index contributed by atoms with van der Waals surface area (Å²) < 4.78 is 5.49. The summed E-state index contributed by atoms with van der Waals surface area (Å²) in [6.07, 6.45) is 2.39. The maximum atomic E-state index is 5.49. The van der Waals surface area contributed by atoms with Crippen LogP contribution in [0.4, 0.5) is 0 Å². The molecule has 0 unspecified atom stereocenters. The average molecular weight is 215 g/mol. The number of hydrogen-bond acceptors (Lipinski definition) is 2. The minimum absolute atomic E-state index is 0.378. The third kappa shape index (κ3) is 7.80. The van der Waals surface area contributed by atoms with Crippen molar-refractivity contribution >= 4 is 0 Å². The number of unbranched alkanes of at least 4 members (excludes halogenated alkanes) is 1. The molecule has 0 amide bonds. The molecule has 2 heteroatoms. The molecule has 0 aliphatic carbocycles. The highest BCUT2D eigenvalue weighted by Crippen LogP contribution is 2.24. The van der Waals surface area contributed by atoms with Crippen LogP contribution in [0, 0.1) is 11.3 Å². The molecule has 0 saturated heterocycles.